The lowest BCUT2D eigenvalue weighted by atomic mass is 10.2. The number of rotatable bonds is 4. The molecule has 62 valence electrons. The van der Waals surface area contributed by atoms with Crippen LogP contribution in [0.5, 0.6) is 0 Å². The zero-order chi connectivity index (χ0) is 8.04. The molecular weight excluding hydrogens is 124 g/mol. The second kappa shape index (κ2) is 4.73. The predicted octanol–water partition coefficient (Wildman–Crippen LogP) is 2.99. The van der Waals surface area contributed by atoms with Crippen LogP contribution in [0, 0.1) is 0 Å². The molecule has 0 atom stereocenters. The molecule has 0 aromatic heterocycles. The Labute approximate surface area is 64.8 Å². The average Bonchev–Trinajstić information content (AvgIpc) is 1.78. The van der Waals surface area contributed by atoms with Gasteiger partial charge in [-0.05, 0) is 27.2 Å². The molecule has 0 saturated heterocycles. The van der Waals surface area contributed by atoms with E-state index in [1.807, 2.05) is 0 Å². The van der Waals surface area contributed by atoms with Crippen LogP contribution in [0.2, 0.25) is 0 Å². The summed E-state index contributed by atoms with van der Waals surface area (Å²) in [6, 6.07) is 0. The van der Waals surface area contributed by atoms with Crippen molar-refractivity contribution in [2.75, 3.05) is 6.61 Å². The fourth-order valence-corrected chi connectivity index (χ4v) is 0.730. The number of hydrogen-bond donors (Lipinski definition) is 0. The molecule has 0 saturated carbocycles. The van der Waals surface area contributed by atoms with Gasteiger partial charge in [0.25, 0.3) is 0 Å². The van der Waals surface area contributed by atoms with Crippen LogP contribution in [0.1, 0.15) is 47.0 Å². The van der Waals surface area contributed by atoms with E-state index < -0.39 is 0 Å². The number of unbranched alkanes of at least 4 members (excludes halogenated alkanes) is 2. The molecule has 0 fully saturated rings. The van der Waals surface area contributed by atoms with Gasteiger partial charge in [0.1, 0.15) is 0 Å². The zero-order valence-electron chi connectivity index (χ0n) is 7.74. The van der Waals surface area contributed by atoms with Gasteiger partial charge in [-0.2, -0.15) is 0 Å². The molecule has 10 heavy (non-hydrogen) atoms. The normalized spacial score (nSPS) is 12.0. The van der Waals surface area contributed by atoms with Crippen LogP contribution in [0.15, 0.2) is 0 Å². The summed E-state index contributed by atoms with van der Waals surface area (Å²) >= 11 is 0. The van der Waals surface area contributed by atoms with Crippen LogP contribution in [-0.2, 0) is 4.74 Å². The van der Waals surface area contributed by atoms with Gasteiger partial charge in [-0.25, -0.2) is 0 Å². The second-order valence-corrected chi connectivity index (χ2v) is 3.67. The molecule has 0 aromatic carbocycles. The summed E-state index contributed by atoms with van der Waals surface area (Å²) in [5, 5.41) is 0. The summed E-state index contributed by atoms with van der Waals surface area (Å²) in [7, 11) is 0. The highest BCUT2D eigenvalue weighted by molar-refractivity contribution is 4.57. The predicted molar refractivity (Wildman–Crippen MR) is 45.2 cm³/mol. The molecule has 0 unspecified atom stereocenters. The Morgan fingerprint density at radius 2 is 1.70 bits per heavy atom. The van der Waals surface area contributed by atoms with Crippen LogP contribution in [0.25, 0.3) is 0 Å². The standard InChI is InChI=1S/C9H20O/c1-5-6-7-8-10-9(2,3)4/h5-8H2,1-4H3. The van der Waals surface area contributed by atoms with Crippen LogP contribution in [-0.4, -0.2) is 12.2 Å². The topological polar surface area (TPSA) is 9.23 Å². The summed E-state index contributed by atoms with van der Waals surface area (Å²) in [4.78, 5) is 0. The smallest absolute Gasteiger partial charge is 0.0598 e. The fraction of sp³-hybridized carbons (Fsp3) is 1.00. The molecule has 0 heterocycles. The van der Waals surface area contributed by atoms with E-state index in [9.17, 15) is 0 Å². The first kappa shape index (κ1) is 9.96. The van der Waals surface area contributed by atoms with Crippen molar-refractivity contribution in [2.45, 2.75) is 52.6 Å². The van der Waals surface area contributed by atoms with E-state index in [2.05, 4.69) is 27.7 Å². The van der Waals surface area contributed by atoms with Crippen LogP contribution < -0.4 is 0 Å². The van der Waals surface area contributed by atoms with E-state index in [4.69, 9.17) is 4.74 Å². The third-order valence-electron chi connectivity index (χ3n) is 1.28. The minimum atomic E-state index is 0.0493. The minimum absolute atomic E-state index is 0.0493. The van der Waals surface area contributed by atoms with Crippen molar-refractivity contribution < 1.29 is 4.74 Å². The van der Waals surface area contributed by atoms with E-state index in [-0.39, 0.29) is 5.60 Å². The molecule has 0 radical (unpaired) electrons. The van der Waals surface area contributed by atoms with Crippen molar-refractivity contribution in [3.05, 3.63) is 0 Å². The van der Waals surface area contributed by atoms with E-state index in [1.54, 1.807) is 0 Å². The molecule has 1 heteroatoms. The highest BCUT2D eigenvalue weighted by Crippen LogP contribution is 2.07. The summed E-state index contributed by atoms with van der Waals surface area (Å²) in [5.41, 5.74) is 0.0493. The Morgan fingerprint density at radius 1 is 1.10 bits per heavy atom. The van der Waals surface area contributed by atoms with Gasteiger partial charge in [0, 0.05) is 6.61 Å². The van der Waals surface area contributed by atoms with E-state index in [1.165, 1.54) is 19.3 Å². The first-order chi connectivity index (χ1) is 4.56. The van der Waals surface area contributed by atoms with Gasteiger partial charge in [-0.3, -0.25) is 0 Å². The number of ether oxygens (including phenoxy) is 1. The maximum absolute atomic E-state index is 5.53. The molecule has 0 aliphatic heterocycles. The molecule has 0 rings (SSSR count). The average molecular weight is 144 g/mol. The monoisotopic (exact) mass is 144 g/mol. The van der Waals surface area contributed by atoms with Crippen LogP contribution in [0.3, 0.4) is 0 Å². The number of hydrogen-bond acceptors (Lipinski definition) is 1. The van der Waals surface area contributed by atoms with Gasteiger partial charge in [0.2, 0.25) is 0 Å². The van der Waals surface area contributed by atoms with Crippen molar-refractivity contribution in [3.8, 4) is 0 Å². The van der Waals surface area contributed by atoms with Crippen molar-refractivity contribution in [2.24, 2.45) is 0 Å². The minimum Gasteiger partial charge on any atom is -0.376 e. The molecule has 0 aromatic rings. The Morgan fingerprint density at radius 3 is 2.10 bits per heavy atom. The van der Waals surface area contributed by atoms with Gasteiger partial charge in [0.05, 0.1) is 5.60 Å². The van der Waals surface area contributed by atoms with Crippen molar-refractivity contribution >= 4 is 0 Å². The molecular formula is C9H20O. The summed E-state index contributed by atoms with van der Waals surface area (Å²) in [6.45, 7) is 9.41. The summed E-state index contributed by atoms with van der Waals surface area (Å²) in [6.07, 6.45) is 3.76. The van der Waals surface area contributed by atoms with Gasteiger partial charge in [0.15, 0.2) is 0 Å². The van der Waals surface area contributed by atoms with Crippen molar-refractivity contribution in [1.82, 2.24) is 0 Å². The Hall–Kier alpha value is -0.0400. The molecule has 0 bridgehead atoms. The molecule has 1 nitrogen and oxygen atoms in total. The second-order valence-electron chi connectivity index (χ2n) is 3.67. The largest absolute Gasteiger partial charge is 0.376 e. The first-order valence-corrected chi connectivity index (χ1v) is 4.20. The zero-order valence-corrected chi connectivity index (χ0v) is 7.74. The molecule has 0 N–H and O–H groups in total. The SMILES string of the molecule is CCCCCOC(C)(C)C. The van der Waals surface area contributed by atoms with Crippen LogP contribution >= 0.6 is 0 Å². The van der Waals surface area contributed by atoms with Gasteiger partial charge in [-0.15, -0.1) is 0 Å². The molecule has 0 amide bonds. The fourth-order valence-electron chi connectivity index (χ4n) is 0.730. The van der Waals surface area contributed by atoms with Crippen LogP contribution in [0.4, 0.5) is 0 Å². The highest BCUT2D eigenvalue weighted by atomic mass is 16.5. The van der Waals surface area contributed by atoms with Crippen molar-refractivity contribution in [3.63, 3.8) is 0 Å². The Bertz CT molecular complexity index is 71.3. The quantitative estimate of drug-likeness (QED) is 0.551. The Kier molecular flexibility index (Phi) is 4.71. The van der Waals surface area contributed by atoms with E-state index in [0.717, 1.165) is 6.61 Å². The molecule has 0 spiro atoms. The third kappa shape index (κ3) is 7.96. The summed E-state index contributed by atoms with van der Waals surface area (Å²) in [5.74, 6) is 0. The third-order valence-corrected chi connectivity index (χ3v) is 1.28. The lowest BCUT2D eigenvalue weighted by Crippen LogP contribution is -2.19. The van der Waals surface area contributed by atoms with Crippen molar-refractivity contribution in [1.29, 1.82) is 0 Å². The molecule has 0 aliphatic carbocycles. The van der Waals surface area contributed by atoms with E-state index >= 15 is 0 Å². The van der Waals surface area contributed by atoms with Gasteiger partial charge in [-0.1, -0.05) is 19.8 Å². The van der Waals surface area contributed by atoms with E-state index in [0.29, 0.717) is 0 Å². The first-order valence-electron chi connectivity index (χ1n) is 4.20. The lowest BCUT2D eigenvalue weighted by Gasteiger charge is -2.19. The summed E-state index contributed by atoms with van der Waals surface area (Å²) < 4.78 is 5.53. The van der Waals surface area contributed by atoms with Gasteiger partial charge < -0.3 is 4.74 Å². The maximum Gasteiger partial charge on any atom is 0.0598 e. The van der Waals surface area contributed by atoms with Gasteiger partial charge >= 0.3 is 0 Å². The lowest BCUT2D eigenvalue weighted by molar-refractivity contribution is -0.00460. The highest BCUT2D eigenvalue weighted by Gasteiger charge is 2.08. The Balaban J connectivity index is 3.04. The maximum atomic E-state index is 5.53. The molecule has 0 aliphatic rings.